The molecule has 0 radical (unpaired) electrons. The topological polar surface area (TPSA) is 38.7 Å². The molecule has 0 aliphatic rings. The number of fused-ring (bicyclic) bond motifs is 1. The summed E-state index contributed by atoms with van der Waals surface area (Å²) < 4.78 is 1.14. The van der Waals surface area contributed by atoms with Crippen molar-refractivity contribution in [2.45, 2.75) is 0 Å². The van der Waals surface area contributed by atoms with Gasteiger partial charge < -0.3 is 0 Å². The van der Waals surface area contributed by atoms with Crippen molar-refractivity contribution in [2.75, 3.05) is 0 Å². The summed E-state index contributed by atoms with van der Waals surface area (Å²) in [6, 6.07) is 0. The van der Waals surface area contributed by atoms with Gasteiger partial charge in [-0.25, -0.2) is 0 Å². The maximum atomic E-state index is 3.75. The van der Waals surface area contributed by atoms with Gasteiger partial charge in [0, 0.05) is 0 Å². The van der Waals surface area contributed by atoms with Crippen molar-refractivity contribution in [2.24, 2.45) is 0 Å². The average molecular weight is 143 g/mol. The largest absolute Gasteiger partial charge is 0.170 e. The van der Waals surface area contributed by atoms with E-state index in [0.29, 0.717) is 0 Å². The van der Waals surface area contributed by atoms with Gasteiger partial charge >= 0.3 is 0 Å². The molecule has 0 unspecified atom stereocenters. The van der Waals surface area contributed by atoms with Crippen LogP contribution >= 0.6 is 20.7 Å². The van der Waals surface area contributed by atoms with Gasteiger partial charge in [-0.2, -0.15) is 0 Å². The molecule has 2 rings (SSSR count). The molecule has 0 atom stereocenters. The molecule has 3 nitrogen and oxygen atoms in total. The summed E-state index contributed by atoms with van der Waals surface area (Å²) in [5.74, 6) is 0. The van der Waals surface area contributed by atoms with Crippen molar-refractivity contribution in [1.29, 1.82) is 0 Å². The van der Waals surface area contributed by atoms with Gasteiger partial charge in [-0.1, -0.05) is 20.7 Å². The van der Waals surface area contributed by atoms with Crippen molar-refractivity contribution in [3.8, 4) is 0 Å². The van der Waals surface area contributed by atoms with Crippen LogP contribution in [-0.4, -0.2) is 15.4 Å². The van der Waals surface area contributed by atoms with Crippen LogP contribution in [0.25, 0.3) is 9.53 Å². The summed E-state index contributed by atoms with van der Waals surface area (Å²) in [6.45, 7) is 0. The van der Waals surface area contributed by atoms with Crippen molar-refractivity contribution in [1.82, 2.24) is 15.4 Å². The van der Waals surface area contributed by atoms with Crippen LogP contribution in [-0.2, 0) is 0 Å². The molecule has 0 aliphatic heterocycles. The lowest BCUT2D eigenvalue weighted by molar-refractivity contribution is 0.901. The minimum absolute atomic E-state index is 1.00. The summed E-state index contributed by atoms with van der Waals surface area (Å²) in [5.41, 5.74) is 0. The van der Waals surface area contributed by atoms with Gasteiger partial charge in [0.2, 0.25) is 0 Å². The van der Waals surface area contributed by atoms with E-state index in [0.717, 1.165) is 9.53 Å². The molecule has 0 saturated heterocycles. The number of nitrogens with zero attached hydrogens (tertiary/aromatic N) is 3. The van der Waals surface area contributed by atoms with E-state index in [-0.39, 0.29) is 0 Å². The van der Waals surface area contributed by atoms with Gasteiger partial charge in [0.15, 0.2) is 4.83 Å². The zero-order chi connectivity index (χ0) is 5.40. The minimum Gasteiger partial charge on any atom is -0.137 e. The van der Waals surface area contributed by atoms with Crippen LogP contribution < -0.4 is 0 Å². The Morgan fingerprint density at radius 3 is 2.75 bits per heavy atom. The van der Waals surface area contributed by atoms with E-state index in [9.17, 15) is 0 Å². The Labute approximate surface area is 52.4 Å². The first-order valence-electron chi connectivity index (χ1n) is 2.00. The molecule has 0 aromatic carbocycles. The smallest absolute Gasteiger partial charge is 0.137 e. The molecule has 0 amide bonds. The number of aromatic nitrogens is 3. The number of hydrogen-bond donors (Lipinski definition) is 0. The fraction of sp³-hybridized carbons (Fsp3) is 0. The Hall–Kier alpha value is -0.550. The van der Waals surface area contributed by atoms with E-state index in [1.165, 1.54) is 0 Å². The Bertz CT molecular complexity index is 255. The van der Waals surface area contributed by atoms with Crippen LogP contribution in [0.3, 0.4) is 0 Å². The molecule has 0 spiro atoms. The maximum Gasteiger partial charge on any atom is 0.170 e. The molecular weight excluding hydrogens is 142 g/mol. The zero-order valence-corrected chi connectivity index (χ0v) is 5.37. The molecule has 0 bridgehead atoms. The first-order valence-corrected chi connectivity index (χ1v) is 4.15. The summed E-state index contributed by atoms with van der Waals surface area (Å²) in [6.07, 6.45) is 1.73. The van der Waals surface area contributed by atoms with Gasteiger partial charge in [-0.15, -0.1) is 10.2 Å². The zero-order valence-electron chi connectivity index (χ0n) is 3.74. The van der Waals surface area contributed by atoms with Crippen LogP contribution in [0.1, 0.15) is 0 Å². The van der Waals surface area contributed by atoms with Gasteiger partial charge in [0.25, 0.3) is 0 Å². The Morgan fingerprint density at radius 1 is 1.38 bits per heavy atom. The van der Waals surface area contributed by atoms with E-state index in [1.807, 2.05) is 0 Å². The highest BCUT2D eigenvalue weighted by molar-refractivity contribution is 7.78. The van der Waals surface area contributed by atoms with Gasteiger partial charge in [0.05, 0.1) is 10.9 Å². The highest BCUT2D eigenvalue weighted by Crippen LogP contribution is 2.27. The van der Waals surface area contributed by atoms with E-state index in [4.69, 9.17) is 0 Å². The van der Waals surface area contributed by atoms with Crippen molar-refractivity contribution >= 4 is 30.2 Å². The number of hydrogen-bond acceptors (Lipinski definition) is 5. The van der Waals surface area contributed by atoms with Crippen LogP contribution in [0, 0.1) is 0 Å². The van der Waals surface area contributed by atoms with Gasteiger partial charge in [-0.05, 0) is 5.21 Å². The van der Waals surface area contributed by atoms with E-state index in [2.05, 4.69) is 15.4 Å². The molecule has 5 heteroatoms. The SMILES string of the molecule is c1nnnc2ssc12. The molecule has 0 aliphatic carbocycles. The second-order valence-corrected chi connectivity index (χ2v) is 3.43. The fourth-order valence-electron chi connectivity index (χ4n) is 0.414. The van der Waals surface area contributed by atoms with Gasteiger partial charge in [-0.3, -0.25) is 0 Å². The average Bonchev–Trinajstić information content (AvgIpc) is 1.72. The quantitative estimate of drug-likeness (QED) is 0.519. The lowest BCUT2D eigenvalue weighted by atomic mass is 10.7. The molecule has 2 aromatic rings. The summed E-state index contributed by atoms with van der Waals surface area (Å²) in [7, 11) is 3.32. The standard InChI is InChI=1S/C3HN3S2/c1-2-3(8-7-2)5-6-4-1/h1H. The predicted octanol–water partition coefficient (Wildman–Crippen LogP) is 1.15. The van der Waals surface area contributed by atoms with Gasteiger partial charge in [0.1, 0.15) is 0 Å². The number of rotatable bonds is 0. The van der Waals surface area contributed by atoms with E-state index in [1.54, 1.807) is 26.9 Å². The van der Waals surface area contributed by atoms with E-state index < -0.39 is 0 Å². The summed E-state index contributed by atoms with van der Waals surface area (Å²) in [5, 5.41) is 10.8. The molecule has 0 fully saturated rings. The highest BCUT2D eigenvalue weighted by atomic mass is 32.9. The lowest BCUT2D eigenvalue weighted by Crippen LogP contribution is -1.83. The van der Waals surface area contributed by atoms with Crippen molar-refractivity contribution in [3.63, 3.8) is 0 Å². The Balaban J connectivity index is 2.88. The molecule has 0 N–H and O–H groups in total. The third kappa shape index (κ3) is 0.452. The van der Waals surface area contributed by atoms with Crippen molar-refractivity contribution < 1.29 is 0 Å². The fourth-order valence-corrected chi connectivity index (χ4v) is 1.91. The molecule has 40 valence electrons. The monoisotopic (exact) mass is 143 g/mol. The lowest BCUT2D eigenvalue weighted by Gasteiger charge is -1.90. The van der Waals surface area contributed by atoms with Crippen LogP contribution in [0.15, 0.2) is 6.20 Å². The Kier molecular flexibility index (Phi) is 0.793. The van der Waals surface area contributed by atoms with Crippen LogP contribution in [0.2, 0.25) is 0 Å². The normalized spacial score (nSPS) is 10.5. The molecule has 2 heterocycles. The minimum atomic E-state index is 1.00. The Morgan fingerprint density at radius 2 is 2.38 bits per heavy atom. The molecular formula is C3HN3S2. The first-order chi connectivity index (χ1) is 3.97. The predicted molar refractivity (Wildman–Crippen MR) is 33.1 cm³/mol. The molecule has 2 aromatic heterocycles. The van der Waals surface area contributed by atoms with Crippen LogP contribution in [0.5, 0.6) is 0 Å². The second kappa shape index (κ2) is 1.46. The highest BCUT2D eigenvalue weighted by Gasteiger charge is 1.97. The summed E-state index contributed by atoms with van der Waals surface area (Å²) in [4.78, 5) is 1.00. The molecule has 0 saturated carbocycles. The second-order valence-electron chi connectivity index (χ2n) is 1.27. The maximum absolute atomic E-state index is 3.75. The third-order valence-electron chi connectivity index (χ3n) is 0.783. The van der Waals surface area contributed by atoms with Crippen LogP contribution in [0.4, 0.5) is 0 Å². The third-order valence-corrected chi connectivity index (χ3v) is 3.20. The summed E-state index contributed by atoms with van der Waals surface area (Å²) >= 11 is 0. The molecule has 8 heavy (non-hydrogen) atoms. The van der Waals surface area contributed by atoms with E-state index >= 15 is 0 Å². The first kappa shape index (κ1) is 4.34. The van der Waals surface area contributed by atoms with Crippen molar-refractivity contribution in [3.05, 3.63) is 6.20 Å².